The van der Waals surface area contributed by atoms with E-state index in [-0.39, 0.29) is 5.91 Å². The zero-order valence-corrected chi connectivity index (χ0v) is 13.8. The van der Waals surface area contributed by atoms with Crippen molar-refractivity contribution in [3.63, 3.8) is 0 Å². The Hall–Kier alpha value is -2.24. The average Bonchev–Trinajstić information content (AvgIpc) is 3.05. The molecule has 1 amide bonds. The van der Waals surface area contributed by atoms with Gasteiger partial charge < -0.3 is 14.3 Å². The van der Waals surface area contributed by atoms with Crippen LogP contribution in [0.2, 0.25) is 10.0 Å². The highest BCUT2D eigenvalue weighted by Gasteiger charge is 2.19. The summed E-state index contributed by atoms with van der Waals surface area (Å²) in [5.41, 5.74) is 1.80. The Balaban J connectivity index is 1.91. The van der Waals surface area contributed by atoms with E-state index in [0.29, 0.717) is 38.5 Å². The highest BCUT2D eigenvalue weighted by atomic mass is 35.5. The third-order valence-corrected chi connectivity index (χ3v) is 3.89. The molecule has 1 aromatic carbocycles. The summed E-state index contributed by atoms with van der Waals surface area (Å²) in [6.45, 7) is 3.49. The lowest BCUT2D eigenvalue weighted by Gasteiger charge is -2.00. The largest absolute Gasteiger partial charge is 0.460 e. The maximum Gasteiger partial charge on any atom is 0.260 e. The first-order valence-electron chi connectivity index (χ1n) is 6.74. The van der Waals surface area contributed by atoms with Crippen molar-refractivity contribution in [3.8, 4) is 11.3 Å². The topological polar surface area (TPSA) is 68.3 Å². The number of halogens is 2. The standard InChI is InChI=1S/C16H12Cl2N2O3/c1-8-7-22-20-15(8)19-16(21)12-6-14(23-9(12)2)11-4-3-10(17)5-13(11)18/h3-7H,1-2H3,(H,19,20,21). The number of carbonyl (C=O) groups is 1. The third-order valence-electron chi connectivity index (χ3n) is 3.34. The average molecular weight is 351 g/mol. The molecule has 2 heterocycles. The first-order valence-corrected chi connectivity index (χ1v) is 7.49. The molecule has 0 radical (unpaired) electrons. The minimum absolute atomic E-state index is 0.334. The van der Waals surface area contributed by atoms with E-state index in [1.165, 1.54) is 6.26 Å². The Kier molecular flexibility index (Phi) is 4.15. The van der Waals surface area contributed by atoms with Crippen LogP contribution in [0.4, 0.5) is 5.82 Å². The fourth-order valence-electron chi connectivity index (χ4n) is 2.11. The van der Waals surface area contributed by atoms with Crippen LogP contribution in [0.3, 0.4) is 0 Å². The number of nitrogens with one attached hydrogen (secondary N) is 1. The lowest BCUT2D eigenvalue weighted by Crippen LogP contribution is -2.13. The summed E-state index contributed by atoms with van der Waals surface area (Å²) >= 11 is 12.1. The Morgan fingerprint density at radius 3 is 2.65 bits per heavy atom. The number of aryl methyl sites for hydroxylation is 2. The van der Waals surface area contributed by atoms with E-state index >= 15 is 0 Å². The minimum atomic E-state index is -0.334. The van der Waals surface area contributed by atoms with E-state index in [9.17, 15) is 4.79 Å². The normalized spacial score (nSPS) is 10.8. The van der Waals surface area contributed by atoms with E-state index in [1.54, 1.807) is 38.1 Å². The van der Waals surface area contributed by atoms with E-state index in [4.69, 9.17) is 32.1 Å². The highest BCUT2D eigenvalue weighted by Crippen LogP contribution is 2.33. The van der Waals surface area contributed by atoms with Gasteiger partial charge in [-0.05, 0) is 38.1 Å². The number of anilines is 1. The van der Waals surface area contributed by atoms with Gasteiger partial charge in [-0.25, -0.2) is 0 Å². The lowest BCUT2D eigenvalue weighted by atomic mass is 10.1. The van der Waals surface area contributed by atoms with Crippen molar-refractivity contribution in [2.45, 2.75) is 13.8 Å². The van der Waals surface area contributed by atoms with E-state index in [0.717, 1.165) is 5.56 Å². The molecule has 0 fully saturated rings. The fraction of sp³-hybridized carbons (Fsp3) is 0.125. The molecule has 2 aromatic heterocycles. The Morgan fingerprint density at radius 1 is 1.22 bits per heavy atom. The van der Waals surface area contributed by atoms with Gasteiger partial charge in [0, 0.05) is 16.1 Å². The molecule has 3 aromatic rings. The van der Waals surface area contributed by atoms with Crippen molar-refractivity contribution in [3.05, 3.63) is 57.5 Å². The number of hydrogen-bond acceptors (Lipinski definition) is 4. The van der Waals surface area contributed by atoms with Gasteiger partial charge in [-0.1, -0.05) is 28.4 Å². The predicted octanol–water partition coefficient (Wildman–Crippen LogP) is 5.11. The summed E-state index contributed by atoms with van der Waals surface area (Å²) in [6.07, 6.45) is 1.46. The summed E-state index contributed by atoms with van der Waals surface area (Å²) < 4.78 is 10.5. The van der Waals surface area contributed by atoms with Gasteiger partial charge in [0.2, 0.25) is 0 Å². The number of nitrogens with zero attached hydrogens (tertiary/aromatic N) is 1. The van der Waals surface area contributed by atoms with Crippen LogP contribution in [0.25, 0.3) is 11.3 Å². The van der Waals surface area contributed by atoms with Crippen LogP contribution in [-0.2, 0) is 0 Å². The van der Waals surface area contributed by atoms with Gasteiger partial charge in [-0.3, -0.25) is 4.79 Å². The van der Waals surface area contributed by atoms with Gasteiger partial charge in [-0.2, -0.15) is 0 Å². The second-order valence-corrected chi connectivity index (χ2v) is 5.85. The molecular weight excluding hydrogens is 339 g/mol. The maximum absolute atomic E-state index is 12.4. The summed E-state index contributed by atoms with van der Waals surface area (Å²) in [5.74, 6) is 1.01. The molecule has 1 N–H and O–H groups in total. The number of rotatable bonds is 3. The first kappa shape index (κ1) is 15.6. The number of hydrogen-bond donors (Lipinski definition) is 1. The van der Waals surface area contributed by atoms with Gasteiger partial charge in [0.1, 0.15) is 17.8 Å². The third kappa shape index (κ3) is 3.11. The SMILES string of the molecule is Cc1conc1NC(=O)c1cc(-c2ccc(Cl)cc2Cl)oc1C. The number of carbonyl (C=O) groups excluding carboxylic acids is 1. The van der Waals surface area contributed by atoms with Gasteiger partial charge in [0.05, 0.1) is 10.6 Å². The Bertz CT molecular complexity index is 883. The number of benzene rings is 1. The van der Waals surface area contributed by atoms with E-state index in [2.05, 4.69) is 10.5 Å². The van der Waals surface area contributed by atoms with Crippen LogP contribution >= 0.6 is 23.2 Å². The molecule has 23 heavy (non-hydrogen) atoms. The Labute approximate surface area is 142 Å². The van der Waals surface area contributed by atoms with Gasteiger partial charge >= 0.3 is 0 Å². The molecule has 3 rings (SSSR count). The van der Waals surface area contributed by atoms with Gasteiger partial charge in [0.15, 0.2) is 5.82 Å². The van der Waals surface area contributed by atoms with Crippen molar-refractivity contribution in [1.29, 1.82) is 0 Å². The Morgan fingerprint density at radius 2 is 2.00 bits per heavy atom. The van der Waals surface area contributed by atoms with E-state index < -0.39 is 0 Å². The quantitative estimate of drug-likeness (QED) is 0.712. The van der Waals surface area contributed by atoms with Crippen LogP contribution in [-0.4, -0.2) is 11.1 Å². The van der Waals surface area contributed by atoms with Crippen molar-refractivity contribution in [1.82, 2.24) is 5.16 Å². The second kappa shape index (κ2) is 6.10. The summed E-state index contributed by atoms with van der Waals surface area (Å²) in [7, 11) is 0. The van der Waals surface area contributed by atoms with Crippen molar-refractivity contribution >= 4 is 34.9 Å². The minimum Gasteiger partial charge on any atom is -0.460 e. The van der Waals surface area contributed by atoms with Crippen molar-refractivity contribution in [2.24, 2.45) is 0 Å². The monoisotopic (exact) mass is 350 g/mol. The second-order valence-electron chi connectivity index (χ2n) is 5.00. The zero-order valence-electron chi connectivity index (χ0n) is 12.3. The maximum atomic E-state index is 12.4. The number of amides is 1. The molecule has 0 bridgehead atoms. The van der Waals surface area contributed by atoms with Gasteiger partial charge in [-0.15, -0.1) is 0 Å². The van der Waals surface area contributed by atoms with Crippen molar-refractivity contribution < 1.29 is 13.7 Å². The molecule has 118 valence electrons. The number of furan rings is 1. The molecule has 0 unspecified atom stereocenters. The lowest BCUT2D eigenvalue weighted by molar-refractivity contribution is 0.102. The molecule has 0 saturated heterocycles. The summed E-state index contributed by atoms with van der Waals surface area (Å²) in [6, 6.07) is 6.70. The van der Waals surface area contributed by atoms with Crippen LogP contribution in [0, 0.1) is 13.8 Å². The summed E-state index contributed by atoms with van der Waals surface area (Å²) in [4.78, 5) is 12.4. The molecule has 0 spiro atoms. The highest BCUT2D eigenvalue weighted by molar-refractivity contribution is 6.36. The molecule has 0 saturated carbocycles. The van der Waals surface area contributed by atoms with Crippen LogP contribution in [0.1, 0.15) is 21.7 Å². The van der Waals surface area contributed by atoms with E-state index in [1.807, 2.05) is 0 Å². The van der Waals surface area contributed by atoms with Crippen molar-refractivity contribution in [2.75, 3.05) is 5.32 Å². The molecular formula is C16H12Cl2N2O3. The zero-order chi connectivity index (χ0) is 16.6. The molecule has 0 aliphatic heterocycles. The first-order chi connectivity index (χ1) is 11.0. The van der Waals surface area contributed by atoms with Crippen LogP contribution in [0.15, 0.2) is 39.5 Å². The van der Waals surface area contributed by atoms with Crippen LogP contribution in [0.5, 0.6) is 0 Å². The van der Waals surface area contributed by atoms with Crippen LogP contribution < -0.4 is 5.32 Å². The molecule has 7 heteroatoms. The molecule has 0 aliphatic carbocycles. The smallest absolute Gasteiger partial charge is 0.260 e. The van der Waals surface area contributed by atoms with Gasteiger partial charge in [0.25, 0.3) is 5.91 Å². The molecule has 0 atom stereocenters. The molecule has 5 nitrogen and oxygen atoms in total. The predicted molar refractivity (Wildman–Crippen MR) is 88.1 cm³/mol. The summed E-state index contributed by atoms with van der Waals surface area (Å²) in [5, 5.41) is 7.38. The fourth-order valence-corrected chi connectivity index (χ4v) is 2.61. The molecule has 0 aliphatic rings. The number of aromatic nitrogens is 1.